The number of nitrogens with one attached hydrogen (secondary N) is 1. The number of nitro benzene ring substituents is 1. The highest BCUT2D eigenvalue weighted by Gasteiger charge is 2.17. The van der Waals surface area contributed by atoms with Gasteiger partial charge in [-0.1, -0.05) is 0 Å². The number of aromatic nitrogens is 2. The lowest BCUT2D eigenvalue weighted by atomic mass is 10.2. The molecule has 10 heteroatoms. The normalized spacial score (nSPS) is 10.8. The molecule has 0 aliphatic heterocycles. The van der Waals surface area contributed by atoms with E-state index in [0.29, 0.717) is 17.8 Å². The van der Waals surface area contributed by atoms with Gasteiger partial charge in [-0.05, 0) is 13.8 Å². The lowest BCUT2D eigenvalue weighted by molar-refractivity contribution is -0.384. The zero-order valence-corrected chi connectivity index (χ0v) is 13.5. The van der Waals surface area contributed by atoms with Crippen LogP contribution in [0, 0.1) is 17.0 Å². The van der Waals surface area contributed by atoms with Crippen molar-refractivity contribution in [2.45, 2.75) is 26.8 Å². The number of carbonyl (C=O) groups excluding carboxylic acids is 1. The van der Waals surface area contributed by atoms with Crippen LogP contribution in [0.25, 0.3) is 0 Å². The van der Waals surface area contributed by atoms with Crippen LogP contribution < -0.4 is 10.1 Å². The molecule has 0 aliphatic carbocycles. The minimum Gasteiger partial charge on any atom is -0.487 e. The lowest BCUT2D eigenvalue weighted by Crippen LogP contribution is -2.14. The van der Waals surface area contributed by atoms with E-state index in [1.807, 2.05) is 6.92 Å². The molecule has 0 aliphatic rings. The van der Waals surface area contributed by atoms with E-state index >= 15 is 0 Å². The SMILES string of the molecule is CCn1ncc(C(=O)Nc2cc(OCC(F)F)cc([N+](=O)[O-])c2)c1C. The second-order valence-corrected chi connectivity index (χ2v) is 5.09. The number of hydrogen-bond acceptors (Lipinski definition) is 5. The van der Waals surface area contributed by atoms with Crippen LogP contribution in [0.3, 0.4) is 0 Å². The molecule has 1 aromatic heterocycles. The van der Waals surface area contributed by atoms with Crippen molar-refractivity contribution in [3.8, 4) is 5.75 Å². The third kappa shape index (κ3) is 4.49. The van der Waals surface area contributed by atoms with Gasteiger partial charge in [-0.15, -0.1) is 0 Å². The molecule has 25 heavy (non-hydrogen) atoms. The first kappa shape index (κ1) is 18.3. The molecule has 8 nitrogen and oxygen atoms in total. The van der Waals surface area contributed by atoms with Crippen LogP contribution in [0.15, 0.2) is 24.4 Å². The van der Waals surface area contributed by atoms with Crippen LogP contribution in [0.5, 0.6) is 5.75 Å². The number of carbonyl (C=O) groups is 1. The Kier molecular flexibility index (Phi) is 5.63. The number of ether oxygens (including phenoxy) is 1. The maximum absolute atomic E-state index is 12.3. The number of amides is 1. The molecule has 0 saturated carbocycles. The number of halogens is 2. The summed E-state index contributed by atoms with van der Waals surface area (Å²) in [7, 11) is 0. The van der Waals surface area contributed by atoms with Gasteiger partial charge in [0.25, 0.3) is 18.0 Å². The van der Waals surface area contributed by atoms with Crippen molar-refractivity contribution in [2.75, 3.05) is 11.9 Å². The largest absolute Gasteiger partial charge is 0.487 e. The van der Waals surface area contributed by atoms with Gasteiger partial charge in [-0.3, -0.25) is 19.6 Å². The molecule has 0 fully saturated rings. The molecule has 2 rings (SSSR count). The Morgan fingerprint density at radius 1 is 1.44 bits per heavy atom. The Balaban J connectivity index is 2.26. The number of benzene rings is 1. The van der Waals surface area contributed by atoms with Crippen LogP contribution >= 0.6 is 0 Å². The molecule has 0 spiro atoms. The van der Waals surface area contributed by atoms with E-state index in [9.17, 15) is 23.7 Å². The van der Waals surface area contributed by atoms with Gasteiger partial charge in [0.2, 0.25) is 0 Å². The second kappa shape index (κ2) is 7.69. The minimum atomic E-state index is -2.72. The Hall–Kier alpha value is -3.04. The first-order valence-corrected chi connectivity index (χ1v) is 7.36. The average Bonchev–Trinajstić information content (AvgIpc) is 2.93. The maximum atomic E-state index is 12.3. The van der Waals surface area contributed by atoms with E-state index in [2.05, 4.69) is 10.4 Å². The van der Waals surface area contributed by atoms with E-state index in [4.69, 9.17) is 4.74 Å². The number of nitrogens with zero attached hydrogens (tertiary/aromatic N) is 3. The molecular weight excluding hydrogens is 338 g/mol. The molecule has 0 saturated heterocycles. The van der Waals surface area contributed by atoms with E-state index in [1.54, 1.807) is 11.6 Å². The Bertz CT molecular complexity index is 792. The van der Waals surface area contributed by atoms with Gasteiger partial charge in [0.1, 0.15) is 12.4 Å². The summed E-state index contributed by atoms with van der Waals surface area (Å²) < 4.78 is 30.9. The van der Waals surface area contributed by atoms with Crippen molar-refractivity contribution in [3.63, 3.8) is 0 Å². The summed E-state index contributed by atoms with van der Waals surface area (Å²) in [5.74, 6) is -0.650. The summed E-state index contributed by atoms with van der Waals surface area (Å²) in [6, 6.07) is 3.37. The van der Waals surface area contributed by atoms with Gasteiger partial charge >= 0.3 is 0 Å². The van der Waals surface area contributed by atoms with Crippen molar-refractivity contribution in [3.05, 3.63) is 45.8 Å². The Labute approximate surface area is 141 Å². The summed E-state index contributed by atoms with van der Waals surface area (Å²) in [5.41, 5.74) is 0.623. The first-order chi connectivity index (χ1) is 11.8. The highest BCUT2D eigenvalue weighted by Crippen LogP contribution is 2.27. The predicted molar refractivity (Wildman–Crippen MR) is 85.2 cm³/mol. The summed E-state index contributed by atoms with van der Waals surface area (Å²) in [6.45, 7) is 3.27. The highest BCUT2D eigenvalue weighted by molar-refractivity contribution is 6.05. The van der Waals surface area contributed by atoms with Crippen LogP contribution in [0.4, 0.5) is 20.2 Å². The van der Waals surface area contributed by atoms with E-state index in [-0.39, 0.29) is 17.1 Å². The van der Waals surface area contributed by atoms with Crippen molar-refractivity contribution >= 4 is 17.3 Å². The lowest BCUT2D eigenvalue weighted by Gasteiger charge is -2.09. The number of rotatable bonds is 7. The highest BCUT2D eigenvalue weighted by atomic mass is 19.3. The van der Waals surface area contributed by atoms with Crippen molar-refractivity contribution in [2.24, 2.45) is 0 Å². The van der Waals surface area contributed by atoms with Crippen molar-refractivity contribution in [1.82, 2.24) is 9.78 Å². The van der Waals surface area contributed by atoms with Gasteiger partial charge in [0, 0.05) is 24.4 Å². The molecular formula is C15H16F2N4O4. The number of anilines is 1. The number of hydrogen-bond donors (Lipinski definition) is 1. The molecule has 134 valence electrons. The van der Waals surface area contributed by atoms with E-state index < -0.39 is 23.9 Å². The summed E-state index contributed by atoms with van der Waals surface area (Å²) in [4.78, 5) is 22.6. The first-order valence-electron chi connectivity index (χ1n) is 7.36. The molecule has 0 bridgehead atoms. The van der Waals surface area contributed by atoms with Gasteiger partial charge in [0.05, 0.1) is 28.4 Å². The number of aryl methyl sites for hydroxylation is 1. The predicted octanol–water partition coefficient (Wildman–Crippen LogP) is 3.02. The fourth-order valence-electron chi connectivity index (χ4n) is 2.19. The smallest absolute Gasteiger partial charge is 0.275 e. The van der Waals surface area contributed by atoms with Gasteiger partial charge in [-0.25, -0.2) is 8.78 Å². The fraction of sp³-hybridized carbons (Fsp3) is 0.333. The molecule has 1 heterocycles. The monoisotopic (exact) mass is 354 g/mol. The number of alkyl halides is 2. The summed E-state index contributed by atoms with van der Waals surface area (Å²) >= 11 is 0. The zero-order valence-electron chi connectivity index (χ0n) is 13.5. The molecule has 0 radical (unpaired) electrons. The standard InChI is InChI=1S/C15H16F2N4O4/c1-3-20-9(2)13(7-18-20)15(22)19-10-4-11(21(23)24)6-12(5-10)25-8-14(16)17/h4-7,14H,3,8H2,1-2H3,(H,19,22). The van der Waals surface area contributed by atoms with Crippen molar-refractivity contribution < 1.29 is 23.2 Å². The zero-order chi connectivity index (χ0) is 18.6. The van der Waals surface area contributed by atoms with Crippen LogP contribution in [0.1, 0.15) is 23.0 Å². The molecule has 1 amide bonds. The molecule has 1 aromatic carbocycles. The minimum absolute atomic E-state index is 0.0621. The number of nitro groups is 1. The molecule has 1 N–H and O–H groups in total. The molecule has 0 unspecified atom stereocenters. The number of non-ortho nitro benzene ring substituents is 1. The van der Waals surface area contributed by atoms with Crippen molar-refractivity contribution in [1.29, 1.82) is 0 Å². The summed E-state index contributed by atoms with van der Waals surface area (Å²) in [6.07, 6.45) is -1.33. The maximum Gasteiger partial charge on any atom is 0.275 e. The van der Waals surface area contributed by atoms with Gasteiger partial charge in [-0.2, -0.15) is 5.10 Å². The van der Waals surface area contributed by atoms with E-state index in [1.165, 1.54) is 12.3 Å². The summed E-state index contributed by atoms with van der Waals surface area (Å²) in [5, 5.41) is 17.5. The van der Waals surface area contributed by atoms with E-state index in [0.717, 1.165) is 12.1 Å². The van der Waals surface area contributed by atoms with Crippen LogP contribution in [-0.2, 0) is 6.54 Å². The topological polar surface area (TPSA) is 99.3 Å². The Morgan fingerprint density at radius 2 is 2.16 bits per heavy atom. The van der Waals surface area contributed by atoms with Gasteiger partial charge < -0.3 is 10.1 Å². The average molecular weight is 354 g/mol. The second-order valence-electron chi connectivity index (χ2n) is 5.09. The quantitative estimate of drug-likeness (QED) is 0.609. The Morgan fingerprint density at radius 3 is 2.72 bits per heavy atom. The third-order valence-electron chi connectivity index (χ3n) is 3.38. The van der Waals surface area contributed by atoms with Gasteiger partial charge in [0.15, 0.2) is 0 Å². The van der Waals surface area contributed by atoms with Crippen LogP contribution in [0.2, 0.25) is 0 Å². The molecule has 2 aromatic rings. The van der Waals surface area contributed by atoms with Crippen LogP contribution in [-0.4, -0.2) is 33.6 Å². The molecule has 0 atom stereocenters. The fourth-order valence-corrected chi connectivity index (χ4v) is 2.19. The third-order valence-corrected chi connectivity index (χ3v) is 3.38.